The van der Waals surface area contributed by atoms with Crippen LogP contribution in [0.5, 0.6) is 0 Å². The molecule has 4 heteroatoms. The molecule has 0 unspecified atom stereocenters. The van der Waals surface area contributed by atoms with E-state index in [0.717, 1.165) is 0 Å². The van der Waals surface area contributed by atoms with Crippen molar-refractivity contribution >= 4 is 6.29 Å². The van der Waals surface area contributed by atoms with E-state index in [-0.39, 0.29) is 0 Å². The van der Waals surface area contributed by atoms with Crippen LogP contribution in [0.25, 0.3) is 0 Å². The zero-order chi connectivity index (χ0) is 5.82. The number of nitrogens with zero attached hydrogens (tertiary/aromatic N) is 3. The summed E-state index contributed by atoms with van der Waals surface area (Å²) in [7, 11) is 0. The van der Waals surface area contributed by atoms with E-state index < -0.39 is 0 Å². The standard InChI is InChI=1S/C4H3N3O/c8-3-4-1-5-7-6-2-4/h1-3H. The Morgan fingerprint density at radius 1 is 1.38 bits per heavy atom. The summed E-state index contributed by atoms with van der Waals surface area (Å²) >= 11 is 0. The summed E-state index contributed by atoms with van der Waals surface area (Å²) in [4.78, 5) is 9.90. The predicted octanol–water partition coefficient (Wildman–Crippen LogP) is -0.316. The second-order valence-electron chi connectivity index (χ2n) is 1.20. The molecule has 4 nitrogen and oxygen atoms in total. The maximum Gasteiger partial charge on any atom is 0.153 e. The lowest BCUT2D eigenvalue weighted by molar-refractivity contribution is 0.112. The minimum absolute atomic E-state index is 0.444. The molecular weight excluding hydrogens is 106 g/mol. The van der Waals surface area contributed by atoms with E-state index in [1.54, 1.807) is 0 Å². The van der Waals surface area contributed by atoms with Crippen LogP contribution in [0.15, 0.2) is 12.4 Å². The quantitative estimate of drug-likeness (QED) is 0.464. The van der Waals surface area contributed by atoms with Gasteiger partial charge in [0.25, 0.3) is 0 Å². The van der Waals surface area contributed by atoms with Crippen molar-refractivity contribution in [1.29, 1.82) is 0 Å². The lowest BCUT2D eigenvalue weighted by Gasteiger charge is -1.79. The first-order valence-corrected chi connectivity index (χ1v) is 2.02. The van der Waals surface area contributed by atoms with Crippen LogP contribution in [0.4, 0.5) is 0 Å². The fourth-order valence-corrected chi connectivity index (χ4v) is 0.309. The highest BCUT2D eigenvalue weighted by atomic mass is 16.1. The van der Waals surface area contributed by atoms with Crippen LogP contribution >= 0.6 is 0 Å². The predicted molar refractivity (Wildman–Crippen MR) is 25.2 cm³/mol. The molecule has 0 aliphatic rings. The summed E-state index contributed by atoms with van der Waals surface area (Å²) in [6, 6.07) is 0. The summed E-state index contributed by atoms with van der Waals surface area (Å²) in [5.41, 5.74) is 0.444. The van der Waals surface area contributed by atoms with Crippen LogP contribution in [-0.2, 0) is 0 Å². The maximum atomic E-state index is 9.90. The third kappa shape index (κ3) is 0.841. The van der Waals surface area contributed by atoms with Gasteiger partial charge in [0, 0.05) is 0 Å². The van der Waals surface area contributed by atoms with E-state index in [2.05, 4.69) is 15.4 Å². The second kappa shape index (κ2) is 2.11. The van der Waals surface area contributed by atoms with Crippen LogP contribution in [0.3, 0.4) is 0 Å². The molecule has 0 fully saturated rings. The Kier molecular flexibility index (Phi) is 1.27. The first-order chi connectivity index (χ1) is 3.93. The first-order valence-electron chi connectivity index (χ1n) is 2.02. The van der Waals surface area contributed by atoms with Gasteiger partial charge >= 0.3 is 0 Å². The lowest BCUT2D eigenvalue weighted by atomic mass is 10.4. The molecule has 0 radical (unpaired) electrons. The highest BCUT2D eigenvalue weighted by Gasteiger charge is 1.83. The van der Waals surface area contributed by atoms with Crippen LogP contribution in [0.2, 0.25) is 0 Å². The number of carbonyl (C=O) groups is 1. The summed E-state index contributed by atoms with van der Waals surface area (Å²) in [6.45, 7) is 0. The van der Waals surface area contributed by atoms with Gasteiger partial charge in [-0.1, -0.05) is 0 Å². The average molecular weight is 109 g/mol. The van der Waals surface area contributed by atoms with Crippen molar-refractivity contribution in [2.24, 2.45) is 0 Å². The number of rotatable bonds is 1. The van der Waals surface area contributed by atoms with Gasteiger partial charge in [-0.3, -0.25) is 4.79 Å². The molecule has 0 aliphatic carbocycles. The number of carbonyl (C=O) groups excluding carboxylic acids is 1. The van der Waals surface area contributed by atoms with Gasteiger partial charge in [-0.15, -0.1) is 10.2 Å². The molecule has 0 spiro atoms. The van der Waals surface area contributed by atoms with Crippen LogP contribution < -0.4 is 0 Å². The Morgan fingerprint density at radius 3 is 2.38 bits per heavy atom. The Morgan fingerprint density at radius 2 is 2.00 bits per heavy atom. The van der Waals surface area contributed by atoms with E-state index in [1.165, 1.54) is 12.4 Å². The fourth-order valence-electron chi connectivity index (χ4n) is 0.309. The zero-order valence-corrected chi connectivity index (χ0v) is 3.98. The summed E-state index contributed by atoms with van der Waals surface area (Å²) < 4.78 is 0. The van der Waals surface area contributed by atoms with Gasteiger partial charge in [0.2, 0.25) is 0 Å². The third-order valence-electron chi connectivity index (χ3n) is 0.653. The number of aromatic nitrogens is 3. The largest absolute Gasteiger partial charge is 0.298 e. The van der Waals surface area contributed by atoms with Crippen molar-refractivity contribution in [2.75, 3.05) is 0 Å². The molecule has 1 aromatic heterocycles. The summed E-state index contributed by atoms with van der Waals surface area (Å²) in [5.74, 6) is 0. The molecule has 0 saturated heterocycles. The molecular formula is C4H3N3O. The summed E-state index contributed by atoms with van der Waals surface area (Å²) in [6.07, 6.45) is 3.36. The van der Waals surface area contributed by atoms with Crippen molar-refractivity contribution in [1.82, 2.24) is 15.4 Å². The molecule has 0 atom stereocenters. The van der Waals surface area contributed by atoms with E-state index in [9.17, 15) is 4.79 Å². The fraction of sp³-hybridized carbons (Fsp3) is 0. The SMILES string of the molecule is O=Cc1cnnnc1. The molecule has 0 aromatic carbocycles. The molecule has 0 amide bonds. The van der Waals surface area contributed by atoms with Gasteiger partial charge in [0.05, 0.1) is 18.0 Å². The minimum Gasteiger partial charge on any atom is -0.298 e. The van der Waals surface area contributed by atoms with Gasteiger partial charge in [0.15, 0.2) is 6.29 Å². The highest BCUT2D eigenvalue weighted by molar-refractivity contribution is 5.72. The Balaban J connectivity index is 2.99. The maximum absolute atomic E-state index is 9.90. The smallest absolute Gasteiger partial charge is 0.153 e. The van der Waals surface area contributed by atoms with Crippen LogP contribution in [-0.4, -0.2) is 21.7 Å². The van der Waals surface area contributed by atoms with Gasteiger partial charge in [-0.25, -0.2) is 0 Å². The molecule has 1 aromatic rings. The molecule has 1 heterocycles. The average Bonchev–Trinajstić information content (AvgIpc) is 1.90. The van der Waals surface area contributed by atoms with Gasteiger partial charge < -0.3 is 0 Å². The Hall–Kier alpha value is -1.32. The lowest BCUT2D eigenvalue weighted by Crippen LogP contribution is -1.87. The molecule has 0 saturated carbocycles. The van der Waals surface area contributed by atoms with Gasteiger partial charge in [-0.2, -0.15) is 0 Å². The van der Waals surface area contributed by atoms with Crippen molar-refractivity contribution in [3.05, 3.63) is 18.0 Å². The van der Waals surface area contributed by atoms with Crippen molar-refractivity contribution < 1.29 is 4.79 Å². The molecule has 8 heavy (non-hydrogen) atoms. The molecule has 0 bridgehead atoms. The number of aldehydes is 1. The molecule has 1 rings (SSSR count). The van der Waals surface area contributed by atoms with Crippen LogP contribution in [0, 0.1) is 0 Å². The topological polar surface area (TPSA) is 55.7 Å². The molecule has 0 aliphatic heterocycles. The van der Waals surface area contributed by atoms with Crippen molar-refractivity contribution in [3.8, 4) is 0 Å². The number of hydrogen-bond acceptors (Lipinski definition) is 4. The monoisotopic (exact) mass is 109 g/mol. The van der Waals surface area contributed by atoms with Crippen molar-refractivity contribution in [3.63, 3.8) is 0 Å². The van der Waals surface area contributed by atoms with Crippen molar-refractivity contribution in [2.45, 2.75) is 0 Å². The minimum atomic E-state index is 0.444. The highest BCUT2D eigenvalue weighted by Crippen LogP contribution is 1.81. The van der Waals surface area contributed by atoms with E-state index in [0.29, 0.717) is 11.8 Å². The Labute approximate surface area is 45.6 Å². The zero-order valence-electron chi connectivity index (χ0n) is 3.98. The third-order valence-corrected chi connectivity index (χ3v) is 0.653. The van der Waals surface area contributed by atoms with Gasteiger partial charge in [0.1, 0.15) is 0 Å². The van der Waals surface area contributed by atoms with E-state index >= 15 is 0 Å². The van der Waals surface area contributed by atoms with Crippen LogP contribution in [0.1, 0.15) is 10.4 Å². The van der Waals surface area contributed by atoms with Gasteiger partial charge in [-0.05, 0) is 5.21 Å². The van der Waals surface area contributed by atoms with E-state index in [1.807, 2.05) is 0 Å². The van der Waals surface area contributed by atoms with E-state index in [4.69, 9.17) is 0 Å². The second-order valence-corrected chi connectivity index (χ2v) is 1.20. The molecule has 0 N–H and O–H groups in total. The normalized spacial score (nSPS) is 8.50. The summed E-state index contributed by atoms with van der Waals surface area (Å²) in [5, 5.41) is 9.96. The Bertz CT molecular complexity index is 174. The molecule has 40 valence electrons. The first kappa shape index (κ1) is 4.83. The number of hydrogen-bond donors (Lipinski definition) is 0.